The van der Waals surface area contributed by atoms with Crippen molar-refractivity contribution in [2.45, 2.75) is 57.4 Å². The van der Waals surface area contributed by atoms with Gasteiger partial charge < -0.3 is 29.7 Å². The molecule has 0 saturated carbocycles. The molecule has 1 atom stereocenters. The standard InChI is InChI=1S/C45H52BrF2N10O4P/c1-5-28-23-35(52-43-32(46)25-51-45(55-43)53-36-26-50-42-31(7-6-13-49-42)41(36)63(3,4)61)38(62-2)24-37(28)58-15-11-29(12-16-58)57-19-17-56(18-20-57)14-10-27-21-33(47)40(34(48)22-27)30-8-9-39(59)54-44(30)60/h6-7,13,21-26,29-30H,5,8-12,14-20H2,1-4H3,(H,54,59,60)(H2,51,52,53,55). The van der Waals surface area contributed by atoms with Gasteiger partial charge >= 0.3 is 0 Å². The number of benzene rings is 2. The number of amides is 2. The average Bonchev–Trinajstić information content (AvgIpc) is 3.27. The Morgan fingerprint density at radius 2 is 1.68 bits per heavy atom. The van der Waals surface area contributed by atoms with Crippen molar-refractivity contribution >= 4 is 80.1 Å². The molecule has 5 aromatic rings. The van der Waals surface area contributed by atoms with Crippen LogP contribution in [0.1, 0.15) is 55.2 Å². The summed E-state index contributed by atoms with van der Waals surface area (Å²) in [5.41, 5.74) is 4.48. The fourth-order valence-corrected chi connectivity index (χ4v) is 10.8. The minimum absolute atomic E-state index is 0.0634. The Hall–Kier alpha value is -5.09. The Bertz CT molecular complexity index is 2560. The highest BCUT2D eigenvalue weighted by Gasteiger charge is 2.33. The lowest BCUT2D eigenvalue weighted by molar-refractivity contribution is -0.134. The number of piperidine rings is 2. The van der Waals surface area contributed by atoms with Crippen molar-refractivity contribution in [3.05, 3.63) is 87.8 Å². The van der Waals surface area contributed by atoms with Crippen LogP contribution in [0.3, 0.4) is 0 Å². The Morgan fingerprint density at radius 3 is 2.37 bits per heavy atom. The van der Waals surface area contributed by atoms with Crippen LogP contribution in [0.15, 0.2) is 59.5 Å². The highest BCUT2D eigenvalue weighted by atomic mass is 79.9. The fraction of sp³-hybridized carbons (Fsp3) is 0.422. The molecule has 332 valence electrons. The number of aromatic nitrogens is 4. The second kappa shape index (κ2) is 18.9. The molecule has 3 aliphatic rings. The molecule has 2 amide bonds. The van der Waals surface area contributed by atoms with E-state index in [1.54, 1.807) is 45.1 Å². The molecule has 3 saturated heterocycles. The third-order valence-electron chi connectivity index (χ3n) is 12.3. The largest absolute Gasteiger partial charge is 0.494 e. The number of pyridine rings is 2. The summed E-state index contributed by atoms with van der Waals surface area (Å²) in [4.78, 5) is 49.3. The number of carbonyl (C=O) groups is 2. The van der Waals surface area contributed by atoms with Crippen molar-refractivity contribution in [1.29, 1.82) is 0 Å². The Balaban J connectivity index is 0.870. The van der Waals surface area contributed by atoms with Gasteiger partial charge in [0.25, 0.3) is 0 Å². The molecule has 63 heavy (non-hydrogen) atoms. The van der Waals surface area contributed by atoms with Crippen molar-refractivity contribution in [2.75, 3.05) is 81.8 Å². The van der Waals surface area contributed by atoms with Crippen LogP contribution in [0, 0.1) is 11.6 Å². The number of imide groups is 1. The number of anilines is 5. The van der Waals surface area contributed by atoms with E-state index in [0.29, 0.717) is 68.6 Å². The number of halogens is 3. The number of nitrogens with zero attached hydrogens (tertiary/aromatic N) is 7. The predicted octanol–water partition coefficient (Wildman–Crippen LogP) is 7.12. The van der Waals surface area contributed by atoms with Crippen LogP contribution in [0.4, 0.5) is 37.6 Å². The molecule has 0 radical (unpaired) electrons. The summed E-state index contributed by atoms with van der Waals surface area (Å²) in [5, 5.41) is 10.3. The zero-order chi connectivity index (χ0) is 44.4. The molecule has 2 aromatic carbocycles. The van der Waals surface area contributed by atoms with Gasteiger partial charge in [-0.05, 0) is 103 Å². The second-order valence-corrected chi connectivity index (χ2v) is 20.7. The molecule has 3 aromatic heterocycles. The van der Waals surface area contributed by atoms with E-state index >= 15 is 8.78 Å². The molecular formula is C45H52BrF2N10O4P. The summed E-state index contributed by atoms with van der Waals surface area (Å²) in [6.45, 7) is 11.7. The van der Waals surface area contributed by atoms with Crippen LogP contribution < -0.4 is 30.9 Å². The number of hydrogen-bond acceptors (Lipinski definition) is 13. The maximum atomic E-state index is 15.1. The first-order valence-electron chi connectivity index (χ1n) is 21.4. The lowest BCUT2D eigenvalue weighted by atomic mass is 9.89. The van der Waals surface area contributed by atoms with Crippen molar-refractivity contribution in [1.82, 2.24) is 35.1 Å². The Labute approximate surface area is 374 Å². The molecule has 3 fully saturated rings. The molecule has 6 heterocycles. The highest BCUT2D eigenvalue weighted by molar-refractivity contribution is 9.10. The van der Waals surface area contributed by atoms with Gasteiger partial charge in [-0.15, -0.1) is 0 Å². The van der Waals surface area contributed by atoms with Crippen LogP contribution in [0.5, 0.6) is 5.75 Å². The monoisotopic (exact) mass is 944 g/mol. The topological polar surface area (TPSA) is 158 Å². The molecule has 0 spiro atoms. The molecule has 1 unspecified atom stereocenters. The maximum Gasteiger partial charge on any atom is 0.234 e. The van der Waals surface area contributed by atoms with Gasteiger partial charge in [0.2, 0.25) is 17.8 Å². The van der Waals surface area contributed by atoms with E-state index in [0.717, 1.165) is 69.9 Å². The van der Waals surface area contributed by atoms with Crippen molar-refractivity contribution < 1.29 is 27.7 Å². The summed E-state index contributed by atoms with van der Waals surface area (Å²) in [7, 11) is -1.10. The number of nitrogens with one attached hydrogen (secondary N) is 3. The van der Waals surface area contributed by atoms with E-state index in [1.165, 1.54) is 17.7 Å². The van der Waals surface area contributed by atoms with Crippen LogP contribution in [0.2, 0.25) is 0 Å². The van der Waals surface area contributed by atoms with Crippen LogP contribution in [-0.2, 0) is 27.0 Å². The molecular weight excluding hydrogens is 893 g/mol. The first-order valence-corrected chi connectivity index (χ1v) is 24.8. The summed E-state index contributed by atoms with van der Waals surface area (Å²) in [6, 6.07) is 11.0. The first kappa shape index (κ1) is 44.5. The van der Waals surface area contributed by atoms with Gasteiger partial charge in [0.05, 0.1) is 35.1 Å². The fourth-order valence-electron chi connectivity index (χ4n) is 9.10. The molecule has 3 aliphatic heterocycles. The molecule has 3 N–H and O–H groups in total. The molecule has 0 aliphatic carbocycles. The number of fused-ring (bicyclic) bond motifs is 1. The Kier molecular flexibility index (Phi) is 13.4. The van der Waals surface area contributed by atoms with Crippen LogP contribution >= 0.6 is 23.1 Å². The highest BCUT2D eigenvalue weighted by Crippen LogP contribution is 2.42. The predicted molar refractivity (Wildman–Crippen MR) is 246 cm³/mol. The van der Waals surface area contributed by atoms with Gasteiger partial charge in [-0.3, -0.25) is 19.8 Å². The van der Waals surface area contributed by atoms with E-state index in [4.69, 9.17) is 9.72 Å². The van der Waals surface area contributed by atoms with E-state index in [1.807, 2.05) is 6.07 Å². The van der Waals surface area contributed by atoms with Gasteiger partial charge in [0, 0.05) is 98.7 Å². The number of methoxy groups -OCH3 is 1. The average molecular weight is 946 g/mol. The number of hydrogen-bond donors (Lipinski definition) is 3. The lowest BCUT2D eigenvalue weighted by Crippen LogP contribution is -2.53. The van der Waals surface area contributed by atoms with E-state index in [9.17, 15) is 14.2 Å². The molecule has 14 nitrogen and oxygen atoms in total. The third-order valence-corrected chi connectivity index (χ3v) is 14.5. The summed E-state index contributed by atoms with van der Waals surface area (Å²) < 4.78 is 50.3. The van der Waals surface area contributed by atoms with Crippen LogP contribution in [-0.4, -0.2) is 114 Å². The number of piperazine rings is 1. The number of carbonyl (C=O) groups excluding carboxylic acids is 2. The minimum Gasteiger partial charge on any atom is -0.494 e. The normalized spacial score (nSPS) is 18.1. The number of ether oxygens (including phenoxy) is 1. The first-order chi connectivity index (χ1) is 30.3. The summed E-state index contributed by atoms with van der Waals surface area (Å²) in [5.74, 6) is -2.01. The van der Waals surface area contributed by atoms with Gasteiger partial charge in [0.15, 0.2) is 5.65 Å². The van der Waals surface area contributed by atoms with Crippen molar-refractivity contribution in [2.24, 2.45) is 0 Å². The van der Waals surface area contributed by atoms with E-state index in [2.05, 4.69) is 80.6 Å². The van der Waals surface area contributed by atoms with Gasteiger partial charge in [0.1, 0.15) is 30.3 Å². The third kappa shape index (κ3) is 9.86. The van der Waals surface area contributed by atoms with Crippen molar-refractivity contribution in [3.8, 4) is 5.75 Å². The summed E-state index contributed by atoms with van der Waals surface area (Å²) in [6.07, 6.45) is 8.49. The van der Waals surface area contributed by atoms with E-state index < -0.39 is 36.5 Å². The van der Waals surface area contributed by atoms with E-state index in [-0.39, 0.29) is 18.4 Å². The number of rotatable bonds is 13. The zero-order valence-electron chi connectivity index (χ0n) is 35.9. The summed E-state index contributed by atoms with van der Waals surface area (Å²) >= 11 is 3.61. The number of aryl methyl sites for hydroxylation is 1. The molecule has 0 bridgehead atoms. The second-order valence-electron chi connectivity index (χ2n) is 16.7. The lowest BCUT2D eigenvalue weighted by Gasteiger charge is -2.43. The minimum atomic E-state index is -2.76. The Morgan fingerprint density at radius 1 is 0.937 bits per heavy atom. The SMILES string of the molecule is CCc1cc(Nc2nc(Nc3cnc4ncccc4c3P(C)(C)=O)ncc2Br)c(OC)cc1N1CCC(N2CCN(CCc3cc(F)c(C4CCC(=O)NC4=O)c(F)c3)CC2)CC1. The van der Waals surface area contributed by atoms with Gasteiger partial charge in [-0.2, -0.15) is 4.98 Å². The molecule has 8 rings (SSSR count). The van der Waals surface area contributed by atoms with Crippen LogP contribution in [0.25, 0.3) is 11.0 Å². The van der Waals surface area contributed by atoms with Gasteiger partial charge in [-0.25, -0.2) is 23.7 Å². The smallest absolute Gasteiger partial charge is 0.234 e. The molecule has 18 heteroatoms. The quantitative estimate of drug-likeness (QED) is 0.0811. The van der Waals surface area contributed by atoms with Gasteiger partial charge in [-0.1, -0.05) is 6.92 Å². The maximum absolute atomic E-state index is 15.1. The zero-order valence-corrected chi connectivity index (χ0v) is 38.4. The van der Waals surface area contributed by atoms with Crippen molar-refractivity contribution in [3.63, 3.8) is 0 Å².